The minimum absolute atomic E-state index is 0.297. The van der Waals surface area contributed by atoms with Crippen molar-refractivity contribution in [1.29, 1.82) is 0 Å². The van der Waals surface area contributed by atoms with Crippen LogP contribution in [0.3, 0.4) is 0 Å². The summed E-state index contributed by atoms with van der Waals surface area (Å²) in [7, 11) is 1.32. The monoisotopic (exact) mass is 442 g/mol. The largest absolute Gasteiger partial charge is 0.465 e. The molecule has 0 heterocycles. The van der Waals surface area contributed by atoms with Gasteiger partial charge in [0.1, 0.15) is 0 Å². The second-order valence-electron chi connectivity index (χ2n) is 5.60. The molecule has 0 aliphatic carbocycles. The highest BCUT2D eigenvalue weighted by Gasteiger charge is 2.11. The van der Waals surface area contributed by atoms with Gasteiger partial charge >= 0.3 is 5.97 Å². The molecule has 2 aromatic rings. The summed E-state index contributed by atoms with van der Waals surface area (Å²) in [5.74, 6) is 1.49. The van der Waals surface area contributed by atoms with Crippen molar-refractivity contribution in [3.05, 3.63) is 63.6 Å². The van der Waals surface area contributed by atoms with Crippen molar-refractivity contribution >= 4 is 64.0 Å². The molecule has 27 heavy (non-hydrogen) atoms. The second-order valence-corrected chi connectivity index (χ2v) is 7.96. The predicted molar refractivity (Wildman–Crippen MR) is 119 cm³/mol. The molecule has 0 amide bonds. The summed E-state index contributed by atoms with van der Waals surface area (Å²) in [5, 5.41) is 7.79. The molecule has 0 radical (unpaired) electrons. The number of thioether (sulfide) groups is 1. The topological polar surface area (TPSA) is 50.4 Å². The Labute approximate surface area is 179 Å². The lowest BCUT2D eigenvalue weighted by Crippen LogP contribution is -2.29. The fourth-order valence-corrected chi connectivity index (χ4v) is 3.65. The number of carbonyl (C=O) groups is 1. The van der Waals surface area contributed by atoms with Gasteiger partial charge in [-0.15, -0.1) is 0 Å². The molecule has 0 unspecified atom stereocenters. The Bertz CT molecular complexity index is 786. The van der Waals surface area contributed by atoms with E-state index in [1.54, 1.807) is 18.2 Å². The average Bonchev–Trinajstić information content (AvgIpc) is 2.67. The fourth-order valence-electron chi connectivity index (χ4n) is 2.19. The number of carbonyl (C=O) groups excluding carboxylic acids is 1. The van der Waals surface area contributed by atoms with Crippen molar-refractivity contribution in [3.8, 4) is 0 Å². The van der Waals surface area contributed by atoms with Gasteiger partial charge in [0.05, 0.1) is 17.7 Å². The van der Waals surface area contributed by atoms with Crippen molar-refractivity contribution in [2.75, 3.05) is 24.7 Å². The zero-order valence-corrected chi connectivity index (χ0v) is 17.9. The minimum atomic E-state index is -0.486. The van der Waals surface area contributed by atoms with Gasteiger partial charge < -0.3 is 15.4 Å². The molecule has 0 bridgehead atoms. The lowest BCUT2D eigenvalue weighted by molar-refractivity contribution is 0.0601. The Hall–Kier alpha value is -1.47. The summed E-state index contributed by atoms with van der Waals surface area (Å²) in [5.41, 5.74) is 2.23. The zero-order valence-electron chi connectivity index (χ0n) is 14.8. The van der Waals surface area contributed by atoms with Gasteiger partial charge in [-0.2, -0.15) is 11.8 Å². The van der Waals surface area contributed by atoms with Crippen LogP contribution in [0.4, 0.5) is 5.69 Å². The molecule has 144 valence electrons. The van der Waals surface area contributed by atoms with Crippen LogP contribution in [0, 0.1) is 0 Å². The maximum absolute atomic E-state index is 11.7. The van der Waals surface area contributed by atoms with Crippen LogP contribution in [0.25, 0.3) is 0 Å². The predicted octanol–water partition coefficient (Wildman–Crippen LogP) is 5.39. The molecular formula is C19H20Cl2N2O2S2. The number of esters is 1. The van der Waals surface area contributed by atoms with E-state index >= 15 is 0 Å². The first kappa shape index (κ1) is 21.8. The van der Waals surface area contributed by atoms with E-state index in [9.17, 15) is 4.79 Å². The second kappa shape index (κ2) is 11.4. The van der Waals surface area contributed by atoms with Crippen LogP contribution in [0.2, 0.25) is 10.0 Å². The Morgan fingerprint density at radius 2 is 1.93 bits per heavy atom. The first-order chi connectivity index (χ1) is 13.0. The van der Waals surface area contributed by atoms with Crippen molar-refractivity contribution in [1.82, 2.24) is 5.32 Å². The molecule has 0 atom stereocenters. The number of rotatable bonds is 8. The highest BCUT2D eigenvalue weighted by atomic mass is 35.5. The van der Waals surface area contributed by atoms with Gasteiger partial charge in [0, 0.05) is 23.0 Å². The normalized spacial score (nSPS) is 10.3. The molecule has 0 aliphatic heterocycles. The summed E-state index contributed by atoms with van der Waals surface area (Å²) in [6, 6.07) is 12.9. The molecule has 0 fully saturated rings. The number of halogens is 2. The van der Waals surface area contributed by atoms with Gasteiger partial charge in [-0.05, 0) is 60.3 Å². The number of nitrogens with one attached hydrogen (secondary N) is 2. The summed E-state index contributed by atoms with van der Waals surface area (Å²) in [6.07, 6.45) is 0.980. The SMILES string of the molecule is COC(=O)c1cc(NC(=S)NCCCSCc2ccc(Cl)cc2)ccc1Cl. The third kappa shape index (κ3) is 7.58. The van der Waals surface area contributed by atoms with Crippen LogP contribution < -0.4 is 10.6 Å². The molecule has 0 saturated heterocycles. The maximum Gasteiger partial charge on any atom is 0.339 e. The van der Waals surface area contributed by atoms with E-state index in [1.165, 1.54) is 12.7 Å². The minimum Gasteiger partial charge on any atom is -0.465 e. The zero-order chi connectivity index (χ0) is 19.6. The third-order valence-corrected chi connectivity index (χ3v) is 5.51. The Kier molecular flexibility index (Phi) is 9.21. The number of methoxy groups -OCH3 is 1. The number of anilines is 1. The average molecular weight is 443 g/mol. The van der Waals surface area contributed by atoms with Crippen LogP contribution in [-0.2, 0) is 10.5 Å². The van der Waals surface area contributed by atoms with E-state index in [0.29, 0.717) is 21.4 Å². The van der Waals surface area contributed by atoms with Gasteiger partial charge in [0.2, 0.25) is 0 Å². The lowest BCUT2D eigenvalue weighted by atomic mass is 10.2. The molecule has 8 heteroatoms. The highest BCUT2D eigenvalue weighted by Crippen LogP contribution is 2.21. The molecule has 0 aromatic heterocycles. The number of benzene rings is 2. The van der Waals surface area contributed by atoms with Crippen LogP contribution in [0.15, 0.2) is 42.5 Å². The van der Waals surface area contributed by atoms with Gasteiger partial charge in [0.15, 0.2) is 5.11 Å². The quantitative estimate of drug-likeness (QED) is 0.324. The van der Waals surface area contributed by atoms with Gasteiger partial charge in [-0.25, -0.2) is 4.79 Å². The number of thiocarbonyl (C=S) groups is 1. The Balaban J connectivity index is 1.67. The van der Waals surface area contributed by atoms with E-state index in [1.807, 2.05) is 36.0 Å². The van der Waals surface area contributed by atoms with E-state index in [4.69, 9.17) is 40.2 Å². The van der Waals surface area contributed by atoms with Gasteiger partial charge in [-0.1, -0.05) is 35.3 Å². The third-order valence-electron chi connectivity index (χ3n) is 3.56. The molecule has 2 rings (SSSR count). The molecule has 4 nitrogen and oxygen atoms in total. The number of hydrogen-bond donors (Lipinski definition) is 2. The van der Waals surface area contributed by atoms with Crippen molar-refractivity contribution in [3.63, 3.8) is 0 Å². The van der Waals surface area contributed by atoms with E-state index < -0.39 is 5.97 Å². The van der Waals surface area contributed by atoms with E-state index in [-0.39, 0.29) is 0 Å². The summed E-state index contributed by atoms with van der Waals surface area (Å²) in [4.78, 5) is 11.7. The van der Waals surface area contributed by atoms with Crippen molar-refractivity contribution in [2.45, 2.75) is 12.2 Å². The van der Waals surface area contributed by atoms with Crippen molar-refractivity contribution in [2.24, 2.45) is 0 Å². The Morgan fingerprint density at radius 3 is 2.63 bits per heavy atom. The summed E-state index contributed by atoms with van der Waals surface area (Å²) in [6.45, 7) is 0.761. The molecule has 2 N–H and O–H groups in total. The first-order valence-electron chi connectivity index (χ1n) is 8.24. The fraction of sp³-hybridized carbons (Fsp3) is 0.263. The maximum atomic E-state index is 11.7. The first-order valence-corrected chi connectivity index (χ1v) is 10.6. The number of hydrogen-bond acceptors (Lipinski definition) is 4. The molecular weight excluding hydrogens is 423 g/mol. The van der Waals surface area contributed by atoms with Gasteiger partial charge in [-0.3, -0.25) is 0 Å². The molecule has 0 saturated carbocycles. The summed E-state index contributed by atoms with van der Waals surface area (Å²) < 4.78 is 4.71. The van der Waals surface area contributed by atoms with Crippen LogP contribution in [0.1, 0.15) is 22.3 Å². The summed E-state index contributed by atoms with van der Waals surface area (Å²) >= 11 is 19.0. The molecule has 0 aliphatic rings. The molecule has 0 spiro atoms. The van der Waals surface area contributed by atoms with Crippen LogP contribution in [-0.4, -0.2) is 30.5 Å². The lowest BCUT2D eigenvalue weighted by Gasteiger charge is -2.12. The highest BCUT2D eigenvalue weighted by molar-refractivity contribution is 7.98. The smallest absolute Gasteiger partial charge is 0.339 e. The standard InChI is InChI=1S/C19H20Cl2N2O2S2/c1-25-18(24)16-11-15(7-8-17(16)21)23-19(26)22-9-2-10-27-12-13-3-5-14(20)6-4-13/h3-8,11H,2,9-10,12H2,1H3,(H2,22,23,26). The van der Waals surface area contributed by atoms with Crippen LogP contribution >= 0.6 is 47.2 Å². The van der Waals surface area contributed by atoms with Crippen LogP contribution in [0.5, 0.6) is 0 Å². The van der Waals surface area contributed by atoms with Gasteiger partial charge in [0.25, 0.3) is 0 Å². The molecule has 2 aromatic carbocycles. The van der Waals surface area contributed by atoms with Crippen molar-refractivity contribution < 1.29 is 9.53 Å². The van der Waals surface area contributed by atoms with E-state index in [2.05, 4.69) is 10.6 Å². The van der Waals surface area contributed by atoms with E-state index in [0.717, 1.165) is 29.5 Å². The Morgan fingerprint density at radius 1 is 1.19 bits per heavy atom. The number of ether oxygens (including phenoxy) is 1.